The number of carbonyl (C=O) groups is 1. The zero-order valence-corrected chi connectivity index (χ0v) is 9.28. The van der Waals surface area contributed by atoms with Crippen molar-refractivity contribution in [1.29, 1.82) is 0 Å². The molecule has 6 heteroatoms. The van der Waals surface area contributed by atoms with Crippen molar-refractivity contribution in [3.63, 3.8) is 0 Å². The number of ether oxygens (including phenoxy) is 1. The summed E-state index contributed by atoms with van der Waals surface area (Å²) in [6.07, 6.45) is 2.13. The highest BCUT2D eigenvalue weighted by Crippen LogP contribution is 2.17. The Kier molecular flexibility index (Phi) is 3.85. The Labute approximate surface area is 92.8 Å². The van der Waals surface area contributed by atoms with E-state index in [9.17, 15) is 4.79 Å². The Bertz CT molecular complexity index is 348. The molecule has 0 aromatic carbocycles. The van der Waals surface area contributed by atoms with Crippen molar-refractivity contribution in [3.05, 3.63) is 17.5 Å². The van der Waals surface area contributed by atoms with Gasteiger partial charge in [0, 0.05) is 12.6 Å². The average molecular weight is 230 g/mol. The van der Waals surface area contributed by atoms with Crippen molar-refractivity contribution in [2.75, 3.05) is 5.32 Å². The lowest BCUT2D eigenvalue weighted by atomic mass is 10.2. The Morgan fingerprint density at radius 1 is 1.73 bits per heavy atom. The number of carbonyl (C=O) groups excluding carboxylic acids is 1. The molecule has 0 unspecified atom stereocenters. The monoisotopic (exact) mass is 229 g/mol. The SMILES string of the molecule is CC[C@@](C)(Nc1ccnc(Cl)n1)OC=O. The van der Waals surface area contributed by atoms with Gasteiger partial charge in [-0.25, -0.2) is 9.97 Å². The van der Waals surface area contributed by atoms with Gasteiger partial charge in [0.25, 0.3) is 6.47 Å². The van der Waals surface area contributed by atoms with E-state index in [1.807, 2.05) is 6.92 Å². The normalized spacial score (nSPS) is 14.1. The molecule has 82 valence electrons. The highest BCUT2D eigenvalue weighted by Gasteiger charge is 2.23. The molecule has 5 nitrogen and oxygen atoms in total. The summed E-state index contributed by atoms with van der Waals surface area (Å²) in [5, 5.41) is 3.10. The van der Waals surface area contributed by atoms with Crippen molar-refractivity contribution in [1.82, 2.24) is 9.97 Å². The van der Waals surface area contributed by atoms with Gasteiger partial charge in [-0.05, 0) is 24.6 Å². The minimum absolute atomic E-state index is 0.143. The summed E-state index contributed by atoms with van der Waals surface area (Å²) in [6, 6.07) is 1.65. The van der Waals surface area contributed by atoms with Gasteiger partial charge in [-0.15, -0.1) is 0 Å². The zero-order valence-electron chi connectivity index (χ0n) is 8.53. The maximum Gasteiger partial charge on any atom is 0.295 e. The second kappa shape index (κ2) is 4.93. The molecule has 1 atom stereocenters. The standard InChI is InChI=1S/C9H12ClN3O2/c1-3-9(2,15-6-14)13-7-4-5-11-8(10)12-7/h4-6H,3H2,1-2H3,(H,11,12,13)/t9-/m0/s1. The van der Waals surface area contributed by atoms with E-state index >= 15 is 0 Å². The van der Waals surface area contributed by atoms with Crippen LogP contribution in [0.1, 0.15) is 20.3 Å². The van der Waals surface area contributed by atoms with Crippen LogP contribution in [0.4, 0.5) is 5.82 Å². The third kappa shape index (κ3) is 3.36. The number of nitrogens with zero attached hydrogens (tertiary/aromatic N) is 2. The van der Waals surface area contributed by atoms with Crippen LogP contribution < -0.4 is 5.32 Å². The van der Waals surface area contributed by atoms with Crippen LogP contribution >= 0.6 is 11.6 Å². The van der Waals surface area contributed by atoms with E-state index in [-0.39, 0.29) is 5.28 Å². The number of nitrogens with one attached hydrogen (secondary N) is 1. The molecule has 0 spiro atoms. The van der Waals surface area contributed by atoms with Crippen LogP contribution in [-0.2, 0) is 9.53 Å². The van der Waals surface area contributed by atoms with Crippen LogP contribution in [0.5, 0.6) is 0 Å². The molecular formula is C9H12ClN3O2. The Hall–Kier alpha value is -1.36. The lowest BCUT2D eigenvalue weighted by Gasteiger charge is -2.27. The highest BCUT2D eigenvalue weighted by molar-refractivity contribution is 6.28. The smallest absolute Gasteiger partial charge is 0.295 e. The molecular weight excluding hydrogens is 218 g/mol. The van der Waals surface area contributed by atoms with Gasteiger partial charge >= 0.3 is 0 Å². The summed E-state index contributed by atoms with van der Waals surface area (Å²) in [5.41, 5.74) is -0.778. The summed E-state index contributed by atoms with van der Waals surface area (Å²) in [7, 11) is 0. The highest BCUT2D eigenvalue weighted by atomic mass is 35.5. The van der Waals surface area contributed by atoms with Gasteiger partial charge in [0.2, 0.25) is 5.28 Å². The predicted molar refractivity (Wildman–Crippen MR) is 56.5 cm³/mol. The molecule has 1 aromatic heterocycles. The van der Waals surface area contributed by atoms with Crippen molar-refractivity contribution >= 4 is 23.9 Å². The predicted octanol–water partition coefficient (Wildman–Crippen LogP) is 1.84. The Morgan fingerprint density at radius 2 is 2.47 bits per heavy atom. The van der Waals surface area contributed by atoms with Crippen molar-refractivity contribution in [2.24, 2.45) is 0 Å². The van der Waals surface area contributed by atoms with Crippen LogP contribution in [0, 0.1) is 0 Å². The second-order valence-electron chi connectivity index (χ2n) is 3.13. The van der Waals surface area contributed by atoms with E-state index in [2.05, 4.69) is 15.3 Å². The molecule has 0 saturated carbocycles. The molecule has 15 heavy (non-hydrogen) atoms. The number of hydrogen-bond acceptors (Lipinski definition) is 5. The van der Waals surface area contributed by atoms with Gasteiger partial charge in [-0.1, -0.05) is 6.92 Å². The van der Waals surface area contributed by atoms with Crippen molar-refractivity contribution < 1.29 is 9.53 Å². The largest absolute Gasteiger partial charge is 0.442 e. The molecule has 0 aliphatic heterocycles. The Morgan fingerprint density at radius 3 is 3.00 bits per heavy atom. The fourth-order valence-electron chi connectivity index (χ4n) is 0.983. The van der Waals surface area contributed by atoms with Crippen LogP contribution in [0.15, 0.2) is 12.3 Å². The molecule has 0 aliphatic rings. The minimum atomic E-state index is -0.778. The minimum Gasteiger partial charge on any atom is -0.442 e. The fourth-order valence-corrected chi connectivity index (χ4v) is 1.13. The molecule has 1 heterocycles. The van der Waals surface area contributed by atoms with E-state index in [0.29, 0.717) is 18.7 Å². The van der Waals surface area contributed by atoms with E-state index in [0.717, 1.165) is 0 Å². The first-order valence-corrected chi connectivity index (χ1v) is 4.85. The number of hydrogen-bond donors (Lipinski definition) is 1. The van der Waals surface area contributed by atoms with Gasteiger partial charge in [0.05, 0.1) is 0 Å². The molecule has 0 bridgehead atoms. The first-order valence-electron chi connectivity index (χ1n) is 4.48. The number of rotatable bonds is 5. The number of halogens is 1. The number of aromatic nitrogens is 2. The summed E-state index contributed by atoms with van der Waals surface area (Å²) >= 11 is 5.62. The van der Waals surface area contributed by atoms with Crippen molar-refractivity contribution in [2.45, 2.75) is 26.0 Å². The molecule has 1 rings (SSSR count). The van der Waals surface area contributed by atoms with Gasteiger partial charge in [0.15, 0.2) is 5.72 Å². The van der Waals surface area contributed by atoms with Crippen LogP contribution in [0.25, 0.3) is 0 Å². The first kappa shape index (κ1) is 11.7. The lowest BCUT2D eigenvalue weighted by molar-refractivity contribution is -0.139. The van der Waals surface area contributed by atoms with Crippen LogP contribution in [0.2, 0.25) is 5.28 Å². The maximum atomic E-state index is 10.3. The van der Waals surface area contributed by atoms with E-state index in [4.69, 9.17) is 16.3 Å². The van der Waals surface area contributed by atoms with Gasteiger partial charge < -0.3 is 10.1 Å². The fraction of sp³-hybridized carbons (Fsp3) is 0.444. The summed E-state index contributed by atoms with van der Waals surface area (Å²) in [4.78, 5) is 18.0. The molecule has 0 aliphatic carbocycles. The van der Waals surface area contributed by atoms with Gasteiger partial charge in [-0.3, -0.25) is 4.79 Å². The van der Waals surface area contributed by atoms with Gasteiger partial charge in [-0.2, -0.15) is 0 Å². The average Bonchev–Trinajstić information content (AvgIpc) is 2.18. The quantitative estimate of drug-likeness (QED) is 0.474. The zero-order chi connectivity index (χ0) is 11.3. The second-order valence-corrected chi connectivity index (χ2v) is 3.47. The van der Waals surface area contributed by atoms with Crippen LogP contribution in [0.3, 0.4) is 0 Å². The molecule has 1 N–H and O–H groups in total. The van der Waals surface area contributed by atoms with Crippen molar-refractivity contribution in [3.8, 4) is 0 Å². The third-order valence-electron chi connectivity index (χ3n) is 2.00. The van der Waals surface area contributed by atoms with Crippen LogP contribution in [-0.4, -0.2) is 22.2 Å². The molecule has 0 saturated heterocycles. The Balaban J connectivity index is 2.78. The lowest BCUT2D eigenvalue weighted by Crippen LogP contribution is -2.37. The summed E-state index contributed by atoms with van der Waals surface area (Å²) in [6.45, 7) is 4.04. The summed E-state index contributed by atoms with van der Waals surface area (Å²) in [5.74, 6) is 0.515. The first-order chi connectivity index (χ1) is 7.09. The van der Waals surface area contributed by atoms with Gasteiger partial charge in [0.1, 0.15) is 5.82 Å². The number of anilines is 1. The summed E-state index contributed by atoms with van der Waals surface area (Å²) < 4.78 is 4.93. The molecule has 0 amide bonds. The third-order valence-corrected chi connectivity index (χ3v) is 2.18. The van der Waals surface area contributed by atoms with E-state index in [1.54, 1.807) is 13.0 Å². The molecule has 1 aromatic rings. The van der Waals surface area contributed by atoms with E-state index < -0.39 is 5.72 Å². The molecule has 0 fully saturated rings. The maximum absolute atomic E-state index is 10.3. The van der Waals surface area contributed by atoms with E-state index in [1.165, 1.54) is 6.20 Å². The molecule has 0 radical (unpaired) electrons. The topological polar surface area (TPSA) is 64.1 Å².